The van der Waals surface area contributed by atoms with Crippen LogP contribution in [0.15, 0.2) is 42.5 Å². The third-order valence-corrected chi connectivity index (χ3v) is 8.31. The second kappa shape index (κ2) is 27.0. The minimum Gasteiger partial charge on any atom is -0.524 e. The molecule has 0 heterocycles. The van der Waals surface area contributed by atoms with Gasteiger partial charge in [0.2, 0.25) is 0 Å². The molecule has 2 amide bonds. The van der Waals surface area contributed by atoms with E-state index in [0.29, 0.717) is 12.2 Å². The van der Waals surface area contributed by atoms with E-state index in [1.54, 1.807) is 20.5 Å². The molecule has 1 rings (SSSR count). The first-order valence-corrected chi connectivity index (χ1v) is 21.6. The number of hydrogen-bond acceptors (Lipinski definition) is 12. The molecule has 0 aliphatic rings. The molecule has 28 heteroatoms. The summed E-state index contributed by atoms with van der Waals surface area (Å²) < 4.78 is 66.2. The Morgan fingerprint density at radius 3 is 1.35 bits per heavy atom. The van der Waals surface area contributed by atoms with E-state index < -0.39 is 96.8 Å². The van der Waals surface area contributed by atoms with E-state index in [2.05, 4.69) is 13.2 Å². The largest absolute Gasteiger partial charge is 0.524 e. The zero-order valence-corrected chi connectivity index (χ0v) is 39.0. The zero-order chi connectivity index (χ0) is 41.4. The maximum atomic E-state index is 13.5. The number of amides is 2. The number of carbonyl (C=O) groups is 4. The average molecular weight is 1020 g/mol. The molecule has 0 saturated heterocycles. The number of hydrogen-bond donors (Lipinski definition) is 8. The van der Waals surface area contributed by atoms with Gasteiger partial charge in [-0.2, -0.15) is 0 Å². The van der Waals surface area contributed by atoms with Crippen LogP contribution in [0.2, 0.25) is 0 Å². The van der Waals surface area contributed by atoms with Crippen molar-refractivity contribution in [3.05, 3.63) is 66.5 Å². The van der Waals surface area contributed by atoms with Crippen LogP contribution in [0.25, 0.3) is 0 Å². The molecule has 0 fully saturated rings. The predicted molar refractivity (Wildman–Crippen MR) is 184 cm³/mol. The fraction of sp³-hybridized carbons (Fsp3) is 0.407. The van der Waals surface area contributed by atoms with Crippen LogP contribution in [-0.2, 0) is 107 Å². The van der Waals surface area contributed by atoms with Gasteiger partial charge in [-0.1, -0.05) is 25.8 Å². The Balaban J connectivity index is -0.00000180. The molecular weight excluding hydrogens is 974 g/mol. The average Bonchev–Trinajstić information content (AvgIpc) is 2.98. The zero-order valence-electron chi connectivity index (χ0n) is 29.8. The molecule has 1 aromatic carbocycles. The Labute approximate surface area is 366 Å². The Morgan fingerprint density at radius 1 is 0.636 bits per heavy atom. The fourth-order valence-electron chi connectivity index (χ4n) is 3.49. The maximum Gasteiger partial charge on any atom is 0.344 e. The van der Waals surface area contributed by atoms with Crippen LogP contribution in [0.4, 0.5) is 0 Å². The van der Waals surface area contributed by atoms with Gasteiger partial charge in [0.15, 0.2) is 0 Å². The van der Waals surface area contributed by atoms with E-state index in [1.807, 2.05) is 0 Å². The molecule has 0 aliphatic carbocycles. The molecule has 0 aliphatic heterocycles. The summed E-state index contributed by atoms with van der Waals surface area (Å²) in [6, 6.07) is 2.92. The molecule has 0 saturated carbocycles. The summed E-state index contributed by atoms with van der Waals surface area (Å²) in [6.07, 6.45) is -3.26. The van der Waals surface area contributed by atoms with Crippen LogP contribution in [0.5, 0.6) is 5.75 Å². The van der Waals surface area contributed by atoms with Crippen LogP contribution in [-0.4, -0.2) is 131 Å². The summed E-state index contributed by atoms with van der Waals surface area (Å²) in [4.78, 5) is 124. The van der Waals surface area contributed by atoms with E-state index in [4.69, 9.17) is 18.9 Å². The molecule has 0 bridgehead atoms. The molecule has 22 nitrogen and oxygen atoms in total. The van der Waals surface area contributed by atoms with E-state index >= 15 is 0 Å². The fourth-order valence-corrected chi connectivity index (χ4v) is 6.50. The molecular formula is C27H42N2O20P4Y2-2. The van der Waals surface area contributed by atoms with E-state index in [1.165, 1.54) is 13.3 Å². The van der Waals surface area contributed by atoms with Crippen molar-refractivity contribution < 1.29 is 161 Å². The second-order valence-corrected chi connectivity index (χ2v) is 17.1. The van der Waals surface area contributed by atoms with Crippen molar-refractivity contribution in [3.63, 3.8) is 0 Å². The van der Waals surface area contributed by atoms with Gasteiger partial charge in [-0.05, 0) is 45.8 Å². The molecule has 55 heavy (non-hydrogen) atoms. The quantitative estimate of drug-likeness (QED) is 0.0277. The predicted octanol–water partition coefficient (Wildman–Crippen LogP) is 0.766. The molecule has 2 radical (unpaired) electrons. The Hall–Kier alpha value is -0.852. The van der Waals surface area contributed by atoms with Gasteiger partial charge < -0.3 is 67.9 Å². The van der Waals surface area contributed by atoms with Crippen LogP contribution < -0.4 is 4.74 Å². The Morgan fingerprint density at radius 2 is 1.00 bits per heavy atom. The molecule has 8 N–H and O–H groups in total. The van der Waals surface area contributed by atoms with E-state index in [0.717, 1.165) is 18.2 Å². The Kier molecular flexibility index (Phi) is 28.7. The van der Waals surface area contributed by atoms with Gasteiger partial charge in [-0.25, -0.2) is 9.59 Å². The minimum absolute atomic E-state index is 0. The van der Waals surface area contributed by atoms with E-state index in [-0.39, 0.29) is 100.0 Å². The third-order valence-electron chi connectivity index (χ3n) is 5.47. The number of benzene rings is 1. The normalized spacial score (nSPS) is 11.3. The second-order valence-electron chi connectivity index (χ2n) is 10.7. The number of ether oxygens (including phenoxy) is 4. The minimum atomic E-state index is -5.20. The first-order chi connectivity index (χ1) is 24.1. The number of nitrogens with zero attached hydrogens (tertiary/aromatic N) is 2. The SMILES string of the molecule is C=C(C)C(=O)OC[CH-]COC.C=C(C)C(=O)OC[CH-]COc1cccc(C(=O)N(CP(=O)(O)O)CP(=O)(O)O)c1C(=O)N(CP(=O)(O)O)CP(=O)(O)O.[Y].[Y]. The van der Waals surface area contributed by atoms with Gasteiger partial charge in [0, 0.05) is 83.7 Å². The van der Waals surface area contributed by atoms with E-state index in [9.17, 15) is 76.6 Å². The van der Waals surface area contributed by atoms with Gasteiger partial charge in [-0.3, -0.25) is 40.7 Å². The summed E-state index contributed by atoms with van der Waals surface area (Å²) in [7, 11) is -19.2. The summed E-state index contributed by atoms with van der Waals surface area (Å²) in [6.45, 7) is 9.76. The Bertz CT molecular complexity index is 1620. The van der Waals surface area contributed by atoms with Crippen molar-refractivity contribution in [1.29, 1.82) is 0 Å². The molecule has 0 spiro atoms. The van der Waals surface area contributed by atoms with Crippen molar-refractivity contribution in [2.45, 2.75) is 13.8 Å². The third kappa shape index (κ3) is 27.5. The van der Waals surface area contributed by atoms with Crippen molar-refractivity contribution in [3.8, 4) is 5.75 Å². The van der Waals surface area contributed by atoms with Crippen LogP contribution in [0, 0.1) is 12.8 Å². The maximum absolute atomic E-state index is 13.5. The van der Waals surface area contributed by atoms with Gasteiger partial charge in [-0.15, -0.1) is 0 Å². The molecule has 0 unspecified atom stereocenters. The van der Waals surface area contributed by atoms with Gasteiger partial charge in [0.1, 0.15) is 30.9 Å². The van der Waals surface area contributed by atoms with Gasteiger partial charge >= 0.3 is 42.3 Å². The summed E-state index contributed by atoms with van der Waals surface area (Å²) >= 11 is 0. The van der Waals surface area contributed by atoms with Crippen LogP contribution >= 0.6 is 30.4 Å². The van der Waals surface area contributed by atoms with Crippen molar-refractivity contribution in [2.75, 3.05) is 58.7 Å². The summed E-state index contributed by atoms with van der Waals surface area (Å²) in [5.74, 6) is -4.86. The van der Waals surface area contributed by atoms with Crippen molar-refractivity contribution in [1.82, 2.24) is 9.80 Å². The molecule has 1 aromatic rings. The number of rotatable bonds is 21. The van der Waals surface area contributed by atoms with Crippen LogP contribution in [0.3, 0.4) is 0 Å². The number of methoxy groups -OCH3 is 1. The van der Waals surface area contributed by atoms with Crippen molar-refractivity contribution in [2.24, 2.45) is 0 Å². The topological polar surface area (TPSA) is 342 Å². The van der Waals surface area contributed by atoms with Crippen molar-refractivity contribution >= 4 is 54.1 Å². The smallest absolute Gasteiger partial charge is 0.344 e. The molecule has 0 atom stereocenters. The summed E-state index contributed by atoms with van der Waals surface area (Å²) in [5.41, 5.74) is -1.31. The standard InChI is InChI=1S/C19H29N2O17P4.C8H13O3.2Y/c1-13(2)19(24)38-8-4-7-37-15-6-3-5-14(17(22)20(9-39(25,26)27)10-40(28,29)30)16(15)18(23)21(11-41(31,32)33)12-42(34,35)36;1-7(2)8(9)11-6-4-5-10-3;;/h3-6H,1,7-12H2,2H3,(H2,25,26,27)(H2,28,29,30)(H2,31,32,33)(H2,34,35,36);4H,1,5-6H2,2-3H3;;/q2*-1;;. The number of esters is 2. The summed E-state index contributed by atoms with van der Waals surface area (Å²) in [5, 5.41) is 0. The first kappa shape index (κ1) is 58.5. The number of carbonyl (C=O) groups excluding carboxylic acids is 4. The molecule has 0 aromatic heterocycles. The van der Waals surface area contributed by atoms with Crippen LogP contribution in [0.1, 0.15) is 34.6 Å². The van der Waals surface area contributed by atoms with Gasteiger partial charge in [0.25, 0.3) is 11.8 Å². The van der Waals surface area contributed by atoms with Gasteiger partial charge in [0.05, 0.1) is 11.1 Å². The monoisotopic (exact) mass is 1020 g/mol. The molecule has 308 valence electrons. The first-order valence-electron chi connectivity index (χ1n) is 14.4.